The van der Waals surface area contributed by atoms with E-state index in [2.05, 4.69) is 62.3 Å². The summed E-state index contributed by atoms with van der Waals surface area (Å²) in [7, 11) is 0. The van der Waals surface area contributed by atoms with Gasteiger partial charge in [-0.15, -0.1) is 0 Å². The second kappa shape index (κ2) is 6.58. The number of rotatable bonds is 3. The first-order valence-electron chi connectivity index (χ1n) is 6.15. The smallest absolute Gasteiger partial charge is 0.162 e. The van der Waals surface area contributed by atoms with Gasteiger partial charge in [-0.05, 0) is 69.1 Å². The zero-order valence-electron chi connectivity index (χ0n) is 11.1. The molecule has 0 saturated heterocycles. The van der Waals surface area contributed by atoms with Crippen LogP contribution >= 0.6 is 50.1 Å². The number of halogens is 3. The summed E-state index contributed by atoms with van der Waals surface area (Å²) in [5.74, 6) is 1.66. The normalized spacial score (nSPS) is 11.1. The van der Waals surface area contributed by atoms with E-state index in [0.29, 0.717) is 22.6 Å². The Bertz CT molecular complexity index is 647. The Morgan fingerprint density at radius 3 is 2.65 bits per heavy atom. The lowest BCUT2D eigenvalue weighted by atomic mass is 10.1. The van der Waals surface area contributed by atoms with E-state index in [1.807, 2.05) is 18.2 Å². The van der Waals surface area contributed by atoms with Gasteiger partial charge in [0.05, 0.1) is 9.26 Å². The van der Waals surface area contributed by atoms with Crippen molar-refractivity contribution >= 4 is 55.9 Å². The van der Waals surface area contributed by atoms with Crippen molar-refractivity contribution in [3.8, 4) is 11.4 Å². The van der Waals surface area contributed by atoms with Crippen LogP contribution in [-0.2, 0) is 6.42 Å². The van der Waals surface area contributed by atoms with Crippen LogP contribution in [0.1, 0.15) is 19.5 Å². The van der Waals surface area contributed by atoms with E-state index in [0.717, 1.165) is 25.7 Å². The molecule has 20 heavy (non-hydrogen) atoms. The first-order chi connectivity index (χ1) is 9.38. The van der Waals surface area contributed by atoms with Crippen LogP contribution in [0.25, 0.3) is 11.4 Å². The molecule has 0 aliphatic heterocycles. The minimum atomic E-state index is 0.513. The second-order valence-electron chi connectivity index (χ2n) is 4.92. The quantitative estimate of drug-likeness (QED) is 0.652. The molecule has 2 N–H and O–H groups in total. The molecule has 0 fully saturated rings. The summed E-state index contributed by atoms with van der Waals surface area (Å²) >= 11 is 11.7. The third-order valence-electron chi connectivity index (χ3n) is 2.72. The van der Waals surface area contributed by atoms with E-state index in [1.165, 1.54) is 0 Å². The van der Waals surface area contributed by atoms with Crippen LogP contribution in [0.3, 0.4) is 0 Å². The van der Waals surface area contributed by atoms with Crippen molar-refractivity contribution < 1.29 is 0 Å². The fraction of sp³-hybridized carbons (Fsp3) is 0.286. The molecule has 2 aromatic rings. The third-order valence-corrected chi connectivity index (χ3v) is 4.79. The Morgan fingerprint density at radius 2 is 2.05 bits per heavy atom. The predicted molar refractivity (Wildman–Crippen MR) is 95.8 cm³/mol. The van der Waals surface area contributed by atoms with Gasteiger partial charge in [-0.2, -0.15) is 0 Å². The zero-order chi connectivity index (χ0) is 14.9. The van der Waals surface area contributed by atoms with Crippen molar-refractivity contribution in [1.82, 2.24) is 9.97 Å². The highest BCUT2D eigenvalue weighted by molar-refractivity contribution is 14.1. The SMILES string of the molecule is CC(C)Cc1nc(-c2ccc(Cl)cc2Br)nc(N)c1I. The summed E-state index contributed by atoms with van der Waals surface area (Å²) in [6.07, 6.45) is 0.878. The van der Waals surface area contributed by atoms with E-state index in [1.54, 1.807) is 0 Å². The van der Waals surface area contributed by atoms with Gasteiger partial charge in [-0.3, -0.25) is 0 Å². The molecule has 0 bridgehead atoms. The Hall–Kier alpha value is -0.400. The minimum Gasteiger partial charge on any atom is -0.383 e. The van der Waals surface area contributed by atoms with Gasteiger partial charge in [-0.25, -0.2) is 9.97 Å². The summed E-state index contributed by atoms with van der Waals surface area (Å²) in [4.78, 5) is 9.05. The number of nitrogens with two attached hydrogens (primary N) is 1. The molecule has 0 aliphatic rings. The molecule has 6 heteroatoms. The average molecular weight is 467 g/mol. The number of benzene rings is 1. The zero-order valence-corrected chi connectivity index (χ0v) is 15.6. The van der Waals surface area contributed by atoms with Crippen LogP contribution in [0.4, 0.5) is 5.82 Å². The molecule has 0 radical (unpaired) electrons. The van der Waals surface area contributed by atoms with Crippen molar-refractivity contribution in [3.63, 3.8) is 0 Å². The van der Waals surface area contributed by atoms with Gasteiger partial charge in [-0.1, -0.05) is 25.4 Å². The topological polar surface area (TPSA) is 51.8 Å². The standard InChI is InChI=1S/C14H14BrClIN3/c1-7(2)5-11-12(17)13(18)20-14(19-11)9-4-3-8(16)6-10(9)15/h3-4,6-7H,5H2,1-2H3,(H2,18,19,20). The van der Waals surface area contributed by atoms with Crippen LogP contribution < -0.4 is 5.73 Å². The van der Waals surface area contributed by atoms with Crippen LogP contribution in [0.15, 0.2) is 22.7 Å². The van der Waals surface area contributed by atoms with E-state index >= 15 is 0 Å². The fourth-order valence-electron chi connectivity index (χ4n) is 1.83. The molecule has 0 spiro atoms. The minimum absolute atomic E-state index is 0.513. The third kappa shape index (κ3) is 3.62. The van der Waals surface area contributed by atoms with Gasteiger partial charge in [0.2, 0.25) is 0 Å². The van der Waals surface area contributed by atoms with Gasteiger partial charge in [0.15, 0.2) is 5.82 Å². The number of hydrogen-bond donors (Lipinski definition) is 1. The molecule has 1 aromatic carbocycles. The number of nitrogens with zero attached hydrogens (tertiary/aromatic N) is 2. The van der Waals surface area contributed by atoms with Crippen molar-refractivity contribution in [1.29, 1.82) is 0 Å². The van der Waals surface area contributed by atoms with Crippen LogP contribution in [0.5, 0.6) is 0 Å². The van der Waals surface area contributed by atoms with Gasteiger partial charge < -0.3 is 5.73 Å². The van der Waals surface area contributed by atoms with E-state index in [4.69, 9.17) is 17.3 Å². The Balaban J connectivity index is 2.54. The largest absolute Gasteiger partial charge is 0.383 e. The predicted octanol–water partition coefficient (Wildman–Crippen LogP) is 4.94. The van der Waals surface area contributed by atoms with Crippen molar-refractivity contribution in [2.24, 2.45) is 5.92 Å². The number of anilines is 1. The summed E-state index contributed by atoms with van der Waals surface area (Å²) in [5, 5.41) is 0.668. The molecule has 1 heterocycles. The molecule has 0 atom stereocenters. The highest BCUT2D eigenvalue weighted by Gasteiger charge is 2.14. The number of hydrogen-bond acceptors (Lipinski definition) is 3. The van der Waals surface area contributed by atoms with Gasteiger partial charge in [0.1, 0.15) is 5.82 Å². The summed E-state index contributed by atoms with van der Waals surface area (Å²) in [6, 6.07) is 5.55. The Morgan fingerprint density at radius 1 is 1.35 bits per heavy atom. The summed E-state index contributed by atoms with van der Waals surface area (Å²) in [6.45, 7) is 4.32. The molecule has 0 saturated carbocycles. The van der Waals surface area contributed by atoms with E-state index in [-0.39, 0.29) is 0 Å². The maximum Gasteiger partial charge on any atom is 0.162 e. The molecule has 0 amide bonds. The van der Waals surface area contributed by atoms with Crippen molar-refractivity contribution in [3.05, 3.63) is 37.0 Å². The lowest BCUT2D eigenvalue weighted by Crippen LogP contribution is -2.07. The van der Waals surface area contributed by atoms with Gasteiger partial charge >= 0.3 is 0 Å². The highest BCUT2D eigenvalue weighted by atomic mass is 127. The second-order valence-corrected chi connectivity index (χ2v) is 7.28. The maximum atomic E-state index is 6.01. The molecule has 3 nitrogen and oxygen atoms in total. The molecule has 106 valence electrons. The molecular weight excluding hydrogens is 452 g/mol. The molecular formula is C14H14BrClIN3. The Kier molecular flexibility index (Phi) is 5.25. The van der Waals surface area contributed by atoms with E-state index < -0.39 is 0 Å². The molecule has 0 unspecified atom stereocenters. The molecule has 0 aliphatic carbocycles. The van der Waals surface area contributed by atoms with Crippen LogP contribution in [0.2, 0.25) is 5.02 Å². The molecule has 2 rings (SSSR count). The van der Waals surface area contributed by atoms with Gasteiger partial charge in [0.25, 0.3) is 0 Å². The van der Waals surface area contributed by atoms with Crippen molar-refractivity contribution in [2.45, 2.75) is 20.3 Å². The van der Waals surface area contributed by atoms with Crippen molar-refractivity contribution in [2.75, 3.05) is 5.73 Å². The monoisotopic (exact) mass is 465 g/mol. The Labute approximate surface area is 145 Å². The lowest BCUT2D eigenvalue weighted by molar-refractivity contribution is 0.632. The first kappa shape index (κ1) is 16.0. The highest BCUT2D eigenvalue weighted by Crippen LogP contribution is 2.30. The average Bonchev–Trinajstić information content (AvgIpc) is 2.34. The number of aromatic nitrogens is 2. The van der Waals surface area contributed by atoms with Crippen LogP contribution in [-0.4, -0.2) is 9.97 Å². The number of nitrogen functional groups attached to an aromatic ring is 1. The summed E-state index contributed by atoms with van der Waals surface area (Å²) < 4.78 is 1.80. The van der Waals surface area contributed by atoms with Gasteiger partial charge in [0, 0.05) is 15.1 Å². The van der Waals surface area contributed by atoms with E-state index in [9.17, 15) is 0 Å². The first-order valence-corrected chi connectivity index (χ1v) is 8.40. The maximum absolute atomic E-state index is 6.01. The van der Waals surface area contributed by atoms with Crippen LogP contribution in [0, 0.1) is 9.49 Å². The summed E-state index contributed by atoms with van der Waals surface area (Å²) in [5.41, 5.74) is 7.90. The molecule has 1 aromatic heterocycles. The lowest BCUT2D eigenvalue weighted by Gasteiger charge is -2.11. The fourth-order valence-corrected chi connectivity index (χ4v) is 3.15.